The van der Waals surface area contributed by atoms with Crippen LogP contribution in [-0.2, 0) is 20.2 Å². The van der Waals surface area contributed by atoms with Crippen LogP contribution in [0, 0.1) is 0 Å². The summed E-state index contributed by atoms with van der Waals surface area (Å²) in [6.07, 6.45) is 1.43. The highest BCUT2D eigenvalue weighted by molar-refractivity contribution is 7.85. The van der Waals surface area contributed by atoms with Gasteiger partial charge in [-0.25, -0.2) is 0 Å². The molecule has 0 saturated carbocycles. The molecule has 0 unspecified atom stereocenters. The second kappa shape index (κ2) is 16.1. The summed E-state index contributed by atoms with van der Waals surface area (Å²) in [5.74, 6) is 0. The van der Waals surface area contributed by atoms with E-state index in [9.17, 15) is 16.8 Å². The van der Waals surface area contributed by atoms with Crippen LogP contribution in [0.1, 0.15) is 0 Å². The topological polar surface area (TPSA) is 266 Å². The molecular weight excluding hydrogens is 264 g/mol. The highest BCUT2D eigenvalue weighted by Gasteiger charge is 1.81. The monoisotopic (exact) mass is 282 g/mol. The molecule has 0 amide bonds. The minimum atomic E-state index is -3.67. The molecule has 15 heavy (non-hydrogen) atoms. The summed E-state index contributed by atoms with van der Waals surface area (Å²) < 4.78 is 51.7. The Kier molecular flexibility index (Phi) is 50.0. The first-order chi connectivity index (χ1) is 4.00. The van der Waals surface area contributed by atoms with Crippen molar-refractivity contribution >= 4 is 20.2 Å². The molecule has 0 heterocycles. The molecule has 13 heteroatoms. The summed E-state index contributed by atoms with van der Waals surface area (Å²) in [6, 6.07) is 0. The number of hydrogen-bond donors (Lipinski definition) is 2. The lowest BCUT2D eigenvalue weighted by molar-refractivity contribution is 0.488. The van der Waals surface area contributed by atoms with Crippen LogP contribution in [0.3, 0.4) is 0 Å². The van der Waals surface area contributed by atoms with Crippen molar-refractivity contribution in [2.75, 3.05) is 12.5 Å². The molecule has 0 aromatic rings. The van der Waals surface area contributed by atoms with E-state index in [2.05, 4.69) is 0 Å². The van der Waals surface area contributed by atoms with Crippen molar-refractivity contribution in [3.05, 3.63) is 0 Å². The standard InChI is InChI=1S/2CH4O3S.5H2O/c2*1-5(2,3)4;;;;;/h2*1H3,(H,2,3,4);5*1H2. The smallest absolute Gasteiger partial charge is 0.261 e. The van der Waals surface area contributed by atoms with E-state index in [4.69, 9.17) is 9.11 Å². The molecule has 11 nitrogen and oxygen atoms in total. The Hall–Kier alpha value is -0.380. The van der Waals surface area contributed by atoms with Gasteiger partial charge in [0, 0.05) is 0 Å². The molecule has 0 atom stereocenters. The van der Waals surface area contributed by atoms with Gasteiger partial charge in [-0.15, -0.1) is 0 Å². The van der Waals surface area contributed by atoms with E-state index in [1.165, 1.54) is 0 Å². The van der Waals surface area contributed by atoms with E-state index in [-0.39, 0.29) is 27.4 Å². The zero-order chi connectivity index (χ0) is 9.00. The lowest BCUT2D eigenvalue weighted by Crippen LogP contribution is -1.88. The SMILES string of the molecule is CS(=O)(=O)O.CS(=O)(=O)O.O.O.O.O.O. The van der Waals surface area contributed by atoms with Gasteiger partial charge in [0.2, 0.25) is 0 Å². The zero-order valence-corrected chi connectivity index (χ0v) is 9.48. The van der Waals surface area contributed by atoms with Crippen LogP contribution in [0.5, 0.6) is 0 Å². The lowest BCUT2D eigenvalue weighted by atomic mass is 12.0. The van der Waals surface area contributed by atoms with Crippen molar-refractivity contribution in [2.24, 2.45) is 0 Å². The Morgan fingerprint density at radius 2 is 0.600 bits per heavy atom. The fourth-order valence-corrected chi connectivity index (χ4v) is 0. The van der Waals surface area contributed by atoms with E-state index in [1.54, 1.807) is 0 Å². The molecule has 0 saturated heterocycles. The normalized spacial score (nSPS) is 7.73. The predicted molar refractivity (Wildman–Crippen MR) is 53.0 cm³/mol. The van der Waals surface area contributed by atoms with Gasteiger partial charge < -0.3 is 27.4 Å². The third-order valence-electron chi connectivity index (χ3n) is 0. The van der Waals surface area contributed by atoms with Gasteiger partial charge in [0.15, 0.2) is 0 Å². The van der Waals surface area contributed by atoms with E-state index >= 15 is 0 Å². The molecule has 0 aliphatic carbocycles. The van der Waals surface area contributed by atoms with Crippen LogP contribution < -0.4 is 0 Å². The van der Waals surface area contributed by atoms with Crippen molar-refractivity contribution in [3.63, 3.8) is 0 Å². The molecule has 0 rings (SSSR count). The Labute approximate surface area is 86.8 Å². The number of rotatable bonds is 0. The van der Waals surface area contributed by atoms with Gasteiger partial charge in [-0.05, 0) is 0 Å². The second-order valence-corrected chi connectivity index (χ2v) is 4.40. The first kappa shape index (κ1) is 46.7. The van der Waals surface area contributed by atoms with Gasteiger partial charge in [0.05, 0.1) is 12.5 Å². The van der Waals surface area contributed by atoms with Crippen molar-refractivity contribution in [2.45, 2.75) is 0 Å². The molecule has 104 valence electrons. The first-order valence-corrected chi connectivity index (χ1v) is 5.54. The molecular formula is C2H18O11S2. The summed E-state index contributed by atoms with van der Waals surface area (Å²) in [5, 5.41) is 0. The van der Waals surface area contributed by atoms with E-state index in [0.717, 1.165) is 0 Å². The average molecular weight is 282 g/mol. The molecule has 0 bridgehead atoms. The molecule has 0 fully saturated rings. The molecule has 0 radical (unpaired) electrons. The summed E-state index contributed by atoms with van der Waals surface area (Å²) >= 11 is 0. The van der Waals surface area contributed by atoms with Crippen LogP contribution >= 0.6 is 0 Å². The molecule has 0 aliphatic rings. The minimum absolute atomic E-state index is 0. The van der Waals surface area contributed by atoms with Crippen molar-refractivity contribution in [1.29, 1.82) is 0 Å². The molecule has 0 aromatic carbocycles. The van der Waals surface area contributed by atoms with Gasteiger partial charge in [0.1, 0.15) is 0 Å². The second-order valence-electron chi connectivity index (χ2n) is 1.47. The Morgan fingerprint density at radius 3 is 0.600 bits per heavy atom. The Morgan fingerprint density at radius 1 is 0.600 bits per heavy atom. The molecule has 0 aliphatic heterocycles. The van der Waals surface area contributed by atoms with Gasteiger partial charge in [-0.1, -0.05) is 0 Å². The largest absolute Gasteiger partial charge is 0.412 e. The van der Waals surface area contributed by atoms with Crippen molar-refractivity contribution < 1.29 is 53.3 Å². The maximum absolute atomic E-state index is 9.19. The minimum Gasteiger partial charge on any atom is -0.412 e. The Bertz CT molecular complexity index is 213. The maximum atomic E-state index is 9.19. The first-order valence-electron chi connectivity index (χ1n) is 1.85. The van der Waals surface area contributed by atoms with Crippen molar-refractivity contribution in [1.82, 2.24) is 0 Å². The quantitative estimate of drug-likeness (QED) is 0.409. The van der Waals surface area contributed by atoms with E-state index < -0.39 is 20.2 Å². The summed E-state index contributed by atoms with van der Waals surface area (Å²) in [4.78, 5) is 0. The van der Waals surface area contributed by atoms with E-state index in [1.807, 2.05) is 0 Å². The van der Waals surface area contributed by atoms with Crippen LogP contribution in [0.2, 0.25) is 0 Å². The number of hydrogen-bond acceptors (Lipinski definition) is 4. The summed E-state index contributed by atoms with van der Waals surface area (Å²) in [7, 11) is -7.33. The third-order valence-corrected chi connectivity index (χ3v) is 0. The fourth-order valence-electron chi connectivity index (χ4n) is 0. The van der Waals surface area contributed by atoms with Crippen LogP contribution in [0.25, 0.3) is 0 Å². The van der Waals surface area contributed by atoms with Crippen LogP contribution in [0.4, 0.5) is 0 Å². The fraction of sp³-hybridized carbons (Fsp3) is 1.00. The lowest BCUT2D eigenvalue weighted by Gasteiger charge is -1.69. The van der Waals surface area contributed by atoms with Gasteiger partial charge >= 0.3 is 0 Å². The molecule has 12 N–H and O–H groups in total. The average Bonchev–Trinajstić information content (AvgIpc) is 1.12. The highest BCUT2D eigenvalue weighted by Crippen LogP contribution is 1.60. The van der Waals surface area contributed by atoms with Gasteiger partial charge in [-0.2, -0.15) is 16.8 Å². The predicted octanol–water partition coefficient (Wildman–Crippen LogP) is -5.12. The maximum Gasteiger partial charge on any atom is 0.261 e. The highest BCUT2D eigenvalue weighted by atomic mass is 32.2. The van der Waals surface area contributed by atoms with Crippen molar-refractivity contribution in [3.8, 4) is 0 Å². The zero-order valence-electron chi connectivity index (χ0n) is 7.84. The van der Waals surface area contributed by atoms with Gasteiger partial charge in [0.25, 0.3) is 20.2 Å². The van der Waals surface area contributed by atoms with E-state index in [0.29, 0.717) is 12.5 Å². The Balaban J connectivity index is -0.0000000128. The third kappa shape index (κ3) is 12700. The van der Waals surface area contributed by atoms with Crippen LogP contribution in [-0.4, -0.2) is 65.8 Å². The van der Waals surface area contributed by atoms with Gasteiger partial charge in [-0.3, -0.25) is 9.11 Å². The summed E-state index contributed by atoms with van der Waals surface area (Å²) in [5.41, 5.74) is 0. The summed E-state index contributed by atoms with van der Waals surface area (Å²) in [6.45, 7) is 0. The van der Waals surface area contributed by atoms with Crippen LogP contribution in [0.15, 0.2) is 0 Å². The molecule has 0 spiro atoms. The molecule has 0 aromatic heterocycles.